The van der Waals surface area contributed by atoms with Crippen molar-refractivity contribution >= 4 is 17.3 Å². The van der Waals surface area contributed by atoms with Crippen molar-refractivity contribution in [2.24, 2.45) is 5.73 Å². The number of rotatable bonds is 7. The van der Waals surface area contributed by atoms with Crippen molar-refractivity contribution in [1.82, 2.24) is 0 Å². The van der Waals surface area contributed by atoms with Gasteiger partial charge in [-0.2, -0.15) is 0 Å². The van der Waals surface area contributed by atoms with Gasteiger partial charge in [-0.1, -0.05) is 37.4 Å². The van der Waals surface area contributed by atoms with E-state index in [0.717, 1.165) is 17.1 Å². The van der Waals surface area contributed by atoms with Crippen LogP contribution in [0.5, 0.6) is 0 Å². The molecule has 0 bridgehead atoms. The quantitative estimate of drug-likeness (QED) is 0.751. The molecule has 0 aliphatic carbocycles. The lowest BCUT2D eigenvalue weighted by atomic mass is 10.1. The Morgan fingerprint density at radius 1 is 1.28 bits per heavy atom. The van der Waals surface area contributed by atoms with Gasteiger partial charge >= 0.3 is 0 Å². The Hall–Kier alpha value is -0.730. The van der Waals surface area contributed by atoms with E-state index >= 15 is 0 Å². The fraction of sp³-hybridized carbons (Fsp3) is 0.600. The average molecular weight is 269 g/mol. The number of benzene rings is 1. The monoisotopic (exact) mass is 268 g/mol. The minimum Gasteiger partial charge on any atom is -0.369 e. The Morgan fingerprint density at radius 2 is 2.00 bits per heavy atom. The van der Waals surface area contributed by atoms with Gasteiger partial charge in [-0.15, -0.1) is 0 Å². The van der Waals surface area contributed by atoms with E-state index in [-0.39, 0.29) is 0 Å². The summed E-state index contributed by atoms with van der Waals surface area (Å²) in [5.74, 6) is 0. The predicted molar refractivity (Wildman–Crippen MR) is 81.4 cm³/mol. The summed E-state index contributed by atoms with van der Waals surface area (Å²) >= 11 is 6.23. The maximum absolute atomic E-state index is 6.23. The number of halogens is 1. The molecule has 0 radical (unpaired) electrons. The lowest BCUT2D eigenvalue weighted by Gasteiger charge is -2.29. The van der Waals surface area contributed by atoms with Gasteiger partial charge in [0.2, 0.25) is 0 Å². The lowest BCUT2D eigenvalue weighted by molar-refractivity contribution is 0.626. The SMILES string of the molecule is CCCCCN(c1ccc(CN)c(Cl)c1)C(C)C. The summed E-state index contributed by atoms with van der Waals surface area (Å²) in [6, 6.07) is 6.68. The van der Waals surface area contributed by atoms with Crippen LogP contribution < -0.4 is 10.6 Å². The first-order valence-electron chi connectivity index (χ1n) is 6.85. The topological polar surface area (TPSA) is 29.3 Å². The Kier molecular flexibility index (Phi) is 6.51. The van der Waals surface area contributed by atoms with Crippen molar-refractivity contribution in [3.8, 4) is 0 Å². The standard InChI is InChI=1S/C15H25ClN2/c1-4-5-6-9-18(12(2)3)14-8-7-13(11-17)15(16)10-14/h7-8,10,12H,4-6,9,11,17H2,1-3H3. The van der Waals surface area contributed by atoms with Crippen molar-refractivity contribution in [1.29, 1.82) is 0 Å². The summed E-state index contributed by atoms with van der Waals surface area (Å²) < 4.78 is 0. The fourth-order valence-electron chi connectivity index (χ4n) is 2.10. The highest BCUT2D eigenvalue weighted by molar-refractivity contribution is 6.31. The number of unbranched alkanes of at least 4 members (excludes halogenated alkanes) is 2. The molecule has 0 spiro atoms. The van der Waals surface area contributed by atoms with E-state index in [4.69, 9.17) is 17.3 Å². The third-order valence-corrected chi connectivity index (χ3v) is 3.57. The lowest BCUT2D eigenvalue weighted by Crippen LogP contribution is -2.31. The number of hydrogen-bond donors (Lipinski definition) is 1. The van der Waals surface area contributed by atoms with Gasteiger partial charge in [0.25, 0.3) is 0 Å². The summed E-state index contributed by atoms with van der Waals surface area (Å²) in [5, 5.41) is 0.774. The van der Waals surface area contributed by atoms with Crippen molar-refractivity contribution in [3.05, 3.63) is 28.8 Å². The molecule has 0 heterocycles. The molecule has 2 N–H and O–H groups in total. The first kappa shape index (κ1) is 15.3. The van der Waals surface area contributed by atoms with E-state index in [1.807, 2.05) is 12.1 Å². The molecule has 0 fully saturated rings. The minimum absolute atomic E-state index is 0.488. The van der Waals surface area contributed by atoms with E-state index in [9.17, 15) is 0 Å². The van der Waals surface area contributed by atoms with Crippen LogP contribution in [0, 0.1) is 0 Å². The van der Waals surface area contributed by atoms with Crippen molar-refractivity contribution in [2.45, 2.75) is 52.6 Å². The molecular formula is C15H25ClN2. The zero-order chi connectivity index (χ0) is 13.5. The van der Waals surface area contributed by atoms with Crippen molar-refractivity contribution < 1.29 is 0 Å². The highest BCUT2D eigenvalue weighted by Gasteiger charge is 2.11. The molecule has 0 saturated carbocycles. The van der Waals surface area contributed by atoms with Crippen LogP contribution in [0.3, 0.4) is 0 Å². The zero-order valence-electron chi connectivity index (χ0n) is 11.7. The first-order valence-corrected chi connectivity index (χ1v) is 7.23. The number of nitrogens with zero attached hydrogens (tertiary/aromatic N) is 1. The third-order valence-electron chi connectivity index (χ3n) is 3.21. The second kappa shape index (κ2) is 7.65. The Bertz CT molecular complexity index is 364. The molecule has 102 valence electrons. The van der Waals surface area contributed by atoms with Crippen LogP contribution in [0.2, 0.25) is 5.02 Å². The molecule has 0 unspecified atom stereocenters. The number of hydrogen-bond acceptors (Lipinski definition) is 2. The van der Waals surface area contributed by atoms with Crippen molar-refractivity contribution in [2.75, 3.05) is 11.4 Å². The summed E-state index contributed by atoms with van der Waals surface area (Å²) in [5.41, 5.74) is 7.85. The number of anilines is 1. The summed E-state index contributed by atoms with van der Waals surface area (Å²) in [7, 11) is 0. The third kappa shape index (κ3) is 4.18. The van der Waals surface area contributed by atoms with Crippen LogP contribution in [-0.4, -0.2) is 12.6 Å². The highest BCUT2D eigenvalue weighted by atomic mass is 35.5. The Morgan fingerprint density at radius 3 is 2.50 bits per heavy atom. The van der Waals surface area contributed by atoms with E-state index in [0.29, 0.717) is 12.6 Å². The molecule has 18 heavy (non-hydrogen) atoms. The molecule has 1 rings (SSSR count). The normalized spacial score (nSPS) is 11.0. The molecule has 0 atom stereocenters. The maximum atomic E-state index is 6.23. The van der Waals surface area contributed by atoms with Crippen LogP contribution in [0.15, 0.2) is 18.2 Å². The zero-order valence-corrected chi connectivity index (χ0v) is 12.5. The molecule has 1 aromatic rings. The van der Waals surface area contributed by atoms with Crippen LogP contribution in [0.1, 0.15) is 45.6 Å². The van der Waals surface area contributed by atoms with Crippen molar-refractivity contribution in [3.63, 3.8) is 0 Å². The van der Waals surface area contributed by atoms with E-state index in [1.165, 1.54) is 24.9 Å². The van der Waals surface area contributed by atoms with Gasteiger partial charge in [-0.25, -0.2) is 0 Å². The molecule has 0 aromatic heterocycles. The van der Waals surface area contributed by atoms with Crippen LogP contribution in [0.4, 0.5) is 5.69 Å². The second-order valence-corrected chi connectivity index (χ2v) is 5.38. The van der Waals surface area contributed by atoms with Gasteiger partial charge in [0, 0.05) is 29.8 Å². The van der Waals surface area contributed by atoms with E-state index < -0.39 is 0 Å². The highest BCUT2D eigenvalue weighted by Crippen LogP contribution is 2.25. The summed E-state index contributed by atoms with van der Waals surface area (Å²) in [6.45, 7) is 8.25. The van der Waals surface area contributed by atoms with Gasteiger partial charge in [0.1, 0.15) is 0 Å². The first-order chi connectivity index (χ1) is 8.60. The average Bonchev–Trinajstić information content (AvgIpc) is 2.34. The van der Waals surface area contributed by atoms with Gasteiger partial charge < -0.3 is 10.6 Å². The Labute approximate surface area is 116 Å². The number of nitrogens with two attached hydrogens (primary N) is 1. The maximum Gasteiger partial charge on any atom is 0.0471 e. The molecule has 0 amide bonds. The van der Waals surface area contributed by atoms with Gasteiger partial charge in [0.15, 0.2) is 0 Å². The van der Waals surface area contributed by atoms with E-state index in [2.05, 4.69) is 31.7 Å². The molecular weight excluding hydrogens is 244 g/mol. The molecule has 3 heteroatoms. The largest absolute Gasteiger partial charge is 0.369 e. The van der Waals surface area contributed by atoms with Crippen LogP contribution in [-0.2, 0) is 6.54 Å². The Balaban J connectivity index is 2.82. The predicted octanol–water partition coefficient (Wildman–Crippen LogP) is 4.20. The minimum atomic E-state index is 0.488. The van der Waals surface area contributed by atoms with E-state index in [1.54, 1.807) is 0 Å². The van der Waals surface area contributed by atoms with Gasteiger partial charge in [-0.3, -0.25) is 0 Å². The smallest absolute Gasteiger partial charge is 0.0471 e. The van der Waals surface area contributed by atoms with Crippen LogP contribution >= 0.6 is 11.6 Å². The van der Waals surface area contributed by atoms with Gasteiger partial charge in [0.05, 0.1) is 0 Å². The summed E-state index contributed by atoms with van der Waals surface area (Å²) in [6.07, 6.45) is 3.75. The molecule has 0 aliphatic heterocycles. The molecule has 1 aromatic carbocycles. The molecule has 0 saturated heterocycles. The molecule has 0 aliphatic rings. The van der Waals surface area contributed by atoms with Gasteiger partial charge in [-0.05, 0) is 38.0 Å². The fourth-order valence-corrected chi connectivity index (χ4v) is 2.35. The van der Waals surface area contributed by atoms with Crippen LogP contribution in [0.25, 0.3) is 0 Å². The summed E-state index contributed by atoms with van der Waals surface area (Å²) in [4.78, 5) is 2.40. The second-order valence-electron chi connectivity index (χ2n) is 4.97. The molecule has 2 nitrogen and oxygen atoms in total.